The molecule has 0 saturated carbocycles. The van der Waals surface area contributed by atoms with Gasteiger partial charge in [0.1, 0.15) is 0 Å². The standard InChI is InChI=1S/C24H24ClN3O4S/c1-2-32-13-5-11-28-23(31)19-10-9-16(25)15-20(19)26-24(28)33-14-6-12-27-21(29)17-7-3-4-8-18(17)22(27)30/h3-4,7-10,15H,2,5-6,11-14H2,1H3. The quantitative estimate of drug-likeness (QED) is 0.185. The number of amides is 2. The van der Waals surface area contributed by atoms with Gasteiger partial charge in [-0.15, -0.1) is 0 Å². The average Bonchev–Trinajstić information content (AvgIpc) is 3.05. The third-order valence-electron chi connectivity index (χ3n) is 5.39. The van der Waals surface area contributed by atoms with Gasteiger partial charge in [-0.3, -0.25) is 23.9 Å². The molecule has 0 saturated heterocycles. The molecule has 4 rings (SSSR count). The summed E-state index contributed by atoms with van der Waals surface area (Å²) in [7, 11) is 0. The van der Waals surface area contributed by atoms with Crippen molar-refractivity contribution < 1.29 is 14.3 Å². The molecule has 0 N–H and O–H groups in total. The van der Waals surface area contributed by atoms with Crippen molar-refractivity contribution in [1.82, 2.24) is 14.5 Å². The van der Waals surface area contributed by atoms with E-state index in [0.717, 1.165) is 0 Å². The van der Waals surface area contributed by atoms with Crippen molar-refractivity contribution in [2.24, 2.45) is 0 Å². The molecule has 2 aromatic carbocycles. The van der Waals surface area contributed by atoms with Crippen LogP contribution in [0.5, 0.6) is 0 Å². The summed E-state index contributed by atoms with van der Waals surface area (Å²) in [4.78, 5) is 44.1. The van der Waals surface area contributed by atoms with E-state index in [1.165, 1.54) is 16.7 Å². The number of carbonyl (C=O) groups is 2. The summed E-state index contributed by atoms with van der Waals surface area (Å²) >= 11 is 7.54. The van der Waals surface area contributed by atoms with Crippen LogP contribution in [0.2, 0.25) is 5.02 Å². The second-order valence-electron chi connectivity index (χ2n) is 7.57. The molecule has 1 aliphatic heterocycles. The smallest absolute Gasteiger partial charge is 0.262 e. The lowest BCUT2D eigenvalue weighted by atomic mass is 10.1. The third-order valence-corrected chi connectivity index (χ3v) is 6.69. The molecule has 172 valence electrons. The molecule has 0 bridgehead atoms. The lowest BCUT2D eigenvalue weighted by molar-refractivity contribution is 0.0655. The Morgan fingerprint density at radius 2 is 1.73 bits per heavy atom. The summed E-state index contributed by atoms with van der Waals surface area (Å²) in [5, 5.41) is 1.63. The summed E-state index contributed by atoms with van der Waals surface area (Å²) in [6.07, 6.45) is 1.27. The Balaban J connectivity index is 1.46. The highest BCUT2D eigenvalue weighted by molar-refractivity contribution is 7.99. The summed E-state index contributed by atoms with van der Waals surface area (Å²) in [5.74, 6) is 0.0796. The lowest BCUT2D eigenvalue weighted by Crippen LogP contribution is -2.31. The summed E-state index contributed by atoms with van der Waals surface area (Å²) in [6.45, 7) is 3.93. The third kappa shape index (κ3) is 4.98. The van der Waals surface area contributed by atoms with Crippen molar-refractivity contribution in [3.8, 4) is 0 Å². The minimum absolute atomic E-state index is 0.115. The van der Waals surface area contributed by atoms with Gasteiger partial charge in [-0.25, -0.2) is 4.98 Å². The molecule has 0 radical (unpaired) electrons. The molecule has 9 heteroatoms. The van der Waals surface area contributed by atoms with Gasteiger partial charge in [-0.2, -0.15) is 0 Å². The molecule has 7 nitrogen and oxygen atoms in total. The molecule has 0 fully saturated rings. The van der Waals surface area contributed by atoms with E-state index in [2.05, 4.69) is 4.98 Å². The van der Waals surface area contributed by atoms with Crippen molar-refractivity contribution in [3.63, 3.8) is 0 Å². The minimum atomic E-state index is -0.257. The molecule has 1 aromatic heterocycles. The summed E-state index contributed by atoms with van der Waals surface area (Å²) in [6, 6.07) is 11.9. The van der Waals surface area contributed by atoms with Crippen molar-refractivity contribution in [1.29, 1.82) is 0 Å². The number of nitrogens with zero attached hydrogens (tertiary/aromatic N) is 3. The number of halogens is 1. The van der Waals surface area contributed by atoms with Gasteiger partial charge < -0.3 is 4.74 Å². The first kappa shape index (κ1) is 23.5. The highest BCUT2D eigenvalue weighted by atomic mass is 35.5. The number of benzene rings is 2. The SMILES string of the molecule is CCOCCCn1c(SCCCN2C(=O)c3ccccc3C2=O)nc2cc(Cl)ccc2c1=O. The molecule has 1 aliphatic rings. The van der Waals surface area contributed by atoms with Crippen LogP contribution in [0.3, 0.4) is 0 Å². The number of ether oxygens (including phenoxy) is 1. The van der Waals surface area contributed by atoms with E-state index >= 15 is 0 Å². The number of hydrogen-bond acceptors (Lipinski definition) is 6. The number of aromatic nitrogens is 2. The van der Waals surface area contributed by atoms with Gasteiger partial charge in [0.15, 0.2) is 5.16 Å². The number of carbonyl (C=O) groups excluding carboxylic acids is 2. The van der Waals surface area contributed by atoms with E-state index in [-0.39, 0.29) is 17.4 Å². The van der Waals surface area contributed by atoms with Gasteiger partial charge in [0.2, 0.25) is 0 Å². The largest absolute Gasteiger partial charge is 0.382 e. The maximum atomic E-state index is 13.1. The van der Waals surface area contributed by atoms with Gasteiger partial charge in [0, 0.05) is 37.1 Å². The molecule has 33 heavy (non-hydrogen) atoms. The van der Waals surface area contributed by atoms with Crippen LogP contribution in [0.15, 0.2) is 52.4 Å². The number of fused-ring (bicyclic) bond motifs is 2. The molecular weight excluding hydrogens is 462 g/mol. The average molecular weight is 486 g/mol. The van der Waals surface area contributed by atoms with Gasteiger partial charge in [-0.05, 0) is 50.1 Å². The second-order valence-corrected chi connectivity index (χ2v) is 9.07. The van der Waals surface area contributed by atoms with Crippen molar-refractivity contribution >= 4 is 46.1 Å². The fourth-order valence-corrected chi connectivity index (χ4v) is 4.89. The lowest BCUT2D eigenvalue weighted by Gasteiger charge is -2.15. The summed E-state index contributed by atoms with van der Waals surface area (Å²) < 4.78 is 7.08. The van der Waals surface area contributed by atoms with Gasteiger partial charge >= 0.3 is 0 Å². The number of hydrogen-bond donors (Lipinski definition) is 0. The van der Waals surface area contributed by atoms with Gasteiger partial charge in [-0.1, -0.05) is 35.5 Å². The highest BCUT2D eigenvalue weighted by Crippen LogP contribution is 2.24. The first-order chi connectivity index (χ1) is 16.0. The Hall–Kier alpha value is -2.68. The van der Waals surface area contributed by atoms with Crippen LogP contribution in [0, 0.1) is 0 Å². The fraction of sp³-hybridized carbons (Fsp3) is 0.333. The monoisotopic (exact) mass is 485 g/mol. The highest BCUT2D eigenvalue weighted by Gasteiger charge is 2.34. The van der Waals surface area contributed by atoms with Crippen LogP contribution in [-0.4, -0.2) is 51.8 Å². The molecular formula is C24H24ClN3O4S. The van der Waals surface area contributed by atoms with Crippen LogP contribution in [0.1, 0.15) is 40.5 Å². The first-order valence-electron chi connectivity index (χ1n) is 10.9. The van der Waals surface area contributed by atoms with Crippen molar-refractivity contribution in [2.45, 2.75) is 31.5 Å². The Labute approximate surface area is 200 Å². The van der Waals surface area contributed by atoms with E-state index in [4.69, 9.17) is 16.3 Å². The zero-order valence-electron chi connectivity index (χ0n) is 18.3. The normalized spacial score (nSPS) is 13.2. The van der Waals surface area contributed by atoms with Crippen LogP contribution < -0.4 is 5.56 Å². The van der Waals surface area contributed by atoms with Crippen LogP contribution >= 0.6 is 23.4 Å². The molecule has 3 aromatic rings. The number of rotatable bonds is 10. The minimum Gasteiger partial charge on any atom is -0.382 e. The van der Waals surface area contributed by atoms with Crippen molar-refractivity contribution in [3.05, 3.63) is 69.0 Å². The fourth-order valence-electron chi connectivity index (χ4n) is 3.78. The van der Waals surface area contributed by atoms with E-state index < -0.39 is 0 Å². The van der Waals surface area contributed by atoms with Gasteiger partial charge in [0.05, 0.1) is 22.0 Å². The first-order valence-corrected chi connectivity index (χ1v) is 12.2. The molecule has 0 unspecified atom stereocenters. The second kappa shape index (κ2) is 10.5. The molecule has 2 heterocycles. The Kier molecular flexibility index (Phi) is 7.47. The Morgan fingerprint density at radius 3 is 2.42 bits per heavy atom. The summed E-state index contributed by atoms with van der Waals surface area (Å²) in [5.41, 5.74) is 1.34. The van der Waals surface area contributed by atoms with Crippen LogP contribution in [0.4, 0.5) is 0 Å². The Bertz CT molecular complexity index is 1230. The van der Waals surface area contributed by atoms with Crippen LogP contribution in [0.25, 0.3) is 10.9 Å². The zero-order valence-corrected chi connectivity index (χ0v) is 19.8. The van der Waals surface area contributed by atoms with E-state index in [1.807, 2.05) is 6.92 Å². The number of imide groups is 1. The number of thioether (sulfide) groups is 1. The van der Waals surface area contributed by atoms with E-state index in [1.54, 1.807) is 47.0 Å². The molecule has 2 amide bonds. The zero-order chi connectivity index (χ0) is 23.4. The van der Waals surface area contributed by atoms with E-state index in [9.17, 15) is 14.4 Å². The maximum Gasteiger partial charge on any atom is 0.262 e. The predicted molar refractivity (Wildman–Crippen MR) is 129 cm³/mol. The maximum absolute atomic E-state index is 13.1. The molecule has 0 atom stereocenters. The molecule has 0 aliphatic carbocycles. The topological polar surface area (TPSA) is 81.5 Å². The van der Waals surface area contributed by atoms with Crippen LogP contribution in [-0.2, 0) is 11.3 Å². The van der Waals surface area contributed by atoms with Gasteiger partial charge in [0.25, 0.3) is 17.4 Å². The molecule has 0 spiro atoms. The Morgan fingerprint density at radius 1 is 1.00 bits per heavy atom. The predicted octanol–water partition coefficient (Wildman–Crippen LogP) is 4.25. The van der Waals surface area contributed by atoms with E-state index in [0.29, 0.717) is 77.1 Å². The van der Waals surface area contributed by atoms with Crippen molar-refractivity contribution in [2.75, 3.05) is 25.5 Å².